The van der Waals surface area contributed by atoms with Crippen LogP contribution in [0.1, 0.15) is 31.6 Å². The third-order valence-electron chi connectivity index (χ3n) is 4.69. The van der Waals surface area contributed by atoms with Gasteiger partial charge in [0.05, 0.1) is 7.11 Å². The number of nitrogens with zero attached hydrogens (tertiary/aromatic N) is 2. The number of nitrogens with two attached hydrogens (primary N) is 1. The molecule has 26 heavy (non-hydrogen) atoms. The maximum Gasteiger partial charge on any atom is 0.227 e. The van der Waals surface area contributed by atoms with E-state index in [1.807, 2.05) is 24.3 Å². The molecular weight excluding hydrogens is 356 g/mol. The summed E-state index contributed by atoms with van der Waals surface area (Å²) in [5.74, 6) is 2.15. The highest BCUT2D eigenvalue weighted by molar-refractivity contribution is 5.85. The number of carbonyl (C=O) groups excluding carboxylic acids is 1. The first kappa shape index (κ1) is 20.2. The third kappa shape index (κ3) is 4.95. The van der Waals surface area contributed by atoms with Crippen molar-refractivity contribution in [2.45, 2.75) is 38.1 Å². The van der Waals surface area contributed by atoms with Gasteiger partial charge in [-0.2, -0.15) is 4.98 Å². The summed E-state index contributed by atoms with van der Waals surface area (Å²) in [4.78, 5) is 16.5. The molecule has 2 atom stereocenters. The van der Waals surface area contributed by atoms with Crippen molar-refractivity contribution in [1.29, 1.82) is 0 Å². The molecule has 142 valence electrons. The Kier molecular flexibility index (Phi) is 7.41. The highest BCUT2D eigenvalue weighted by Gasteiger charge is 2.27. The zero-order chi connectivity index (χ0) is 17.6. The SMILES string of the molecule is COc1ccc(-c2noc(CCC(=O)NC3CCCC3CN)n2)cc1.Cl. The fourth-order valence-electron chi connectivity index (χ4n) is 3.22. The molecule has 1 aromatic heterocycles. The van der Waals surface area contributed by atoms with Gasteiger partial charge in [-0.1, -0.05) is 11.6 Å². The van der Waals surface area contributed by atoms with Crippen LogP contribution in [0.15, 0.2) is 28.8 Å². The van der Waals surface area contributed by atoms with E-state index in [0.29, 0.717) is 37.0 Å². The Hall–Kier alpha value is -2.12. The van der Waals surface area contributed by atoms with Crippen LogP contribution < -0.4 is 15.8 Å². The zero-order valence-corrected chi connectivity index (χ0v) is 15.6. The maximum atomic E-state index is 12.1. The van der Waals surface area contributed by atoms with Gasteiger partial charge in [-0.15, -0.1) is 12.4 Å². The van der Waals surface area contributed by atoms with Crippen molar-refractivity contribution < 1.29 is 14.1 Å². The van der Waals surface area contributed by atoms with E-state index in [4.69, 9.17) is 15.0 Å². The molecule has 0 saturated heterocycles. The van der Waals surface area contributed by atoms with Crippen molar-refractivity contribution in [3.8, 4) is 17.1 Å². The molecule has 0 aliphatic heterocycles. The van der Waals surface area contributed by atoms with Crippen LogP contribution in [0.4, 0.5) is 0 Å². The maximum absolute atomic E-state index is 12.1. The molecule has 7 nitrogen and oxygen atoms in total. The van der Waals surface area contributed by atoms with Crippen LogP contribution in [0.25, 0.3) is 11.4 Å². The Bertz CT molecular complexity index is 705. The third-order valence-corrected chi connectivity index (χ3v) is 4.69. The Morgan fingerprint density at radius 3 is 2.81 bits per heavy atom. The molecule has 1 heterocycles. The van der Waals surface area contributed by atoms with Crippen molar-refractivity contribution in [2.24, 2.45) is 11.7 Å². The van der Waals surface area contributed by atoms with Gasteiger partial charge in [-0.25, -0.2) is 0 Å². The first-order valence-electron chi connectivity index (χ1n) is 8.66. The second-order valence-corrected chi connectivity index (χ2v) is 6.34. The van der Waals surface area contributed by atoms with E-state index in [-0.39, 0.29) is 24.4 Å². The summed E-state index contributed by atoms with van der Waals surface area (Å²) in [5.41, 5.74) is 6.59. The number of benzene rings is 1. The molecule has 1 saturated carbocycles. The van der Waals surface area contributed by atoms with Crippen LogP contribution in [0.2, 0.25) is 0 Å². The summed E-state index contributed by atoms with van der Waals surface area (Å²) in [6.07, 6.45) is 3.99. The van der Waals surface area contributed by atoms with Crippen LogP contribution >= 0.6 is 12.4 Å². The van der Waals surface area contributed by atoms with Crippen LogP contribution in [0.3, 0.4) is 0 Å². The Labute approximate surface area is 159 Å². The van der Waals surface area contributed by atoms with Crippen molar-refractivity contribution in [1.82, 2.24) is 15.5 Å². The molecule has 1 amide bonds. The number of aryl methyl sites for hydroxylation is 1. The summed E-state index contributed by atoms with van der Waals surface area (Å²) in [7, 11) is 1.62. The number of nitrogens with one attached hydrogen (secondary N) is 1. The van der Waals surface area contributed by atoms with E-state index in [0.717, 1.165) is 30.6 Å². The van der Waals surface area contributed by atoms with Crippen LogP contribution in [0.5, 0.6) is 5.75 Å². The lowest BCUT2D eigenvalue weighted by Crippen LogP contribution is -2.39. The molecule has 0 spiro atoms. The van der Waals surface area contributed by atoms with Crippen molar-refractivity contribution in [3.05, 3.63) is 30.2 Å². The fourth-order valence-corrected chi connectivity index (χ4v) is 3.22. The quantitative estimate of drug-likeness (QED) is 0.764. The number of halogens is 1. The number of ether oxygens (including phenoxy) is 1. The van der Waals surface area contributed by atoms with E-state index in [2.05, 4.69) is 15.5 Å². The minimum Gasteiger partial charge on any atom is -0.497 e. The summed E-state index contributed by atoms with van der Waals surface area (Å²) < 4.78 is 10.4. The van der Waals surface area contributed by atoms with E-state index >= 15 is 0 Å². The van der Waals surface area contributed by atoms with Gasteiger partial charge in [0.2, 0.25) is 17.6 Å². The van der Waals surface area contributed by atoms with Gasteiger partial charge in [0.25, 0.3) is 0 Å². The predicted octanol–water partition coefficient (Wildman–Crippen LogP) is 2.34. The van der Waals surface area contributed by atoms with E-state index in [9.17, 15) is 4.79 Å². The van der Waals surface area contributed by atoms with Gasteiger partial charge < -0.3 is 20.3 Å². The lowest BCUT2D eigenvalue weighted by atomic mass is 10.0. The molecule has 8 heteroatoms. The van der Waals surface area contributed by atoms with Crippen LogP contribution in [-0.2, 0) is 11.2 Å². The largest absolute Gasteiger partial charge is 0.497 e. The average molecular weight is 381 g/mol. The first-order chi connectivity index (χ1) is 12.2. The van der Waals surface area contributed by atoms with Gasteiger partial charge in [0.15, 0.2) is 0 Å². The van der Waals surface area contributed by atoms with E-state index in [1.165, 1.54) is 0 Å². The molecule has 1 aliphatic rings. The zero-order valence-electron chi connectivity index (χ0n) is 14.8. The monoisotopic (exact) mass is 380 g/mol. The first-order valence-corrected chi connectivity index (χ1v) is 8.66. The number of aromatic nitrogens is 2. The van der Waals surface area contributed by atoms with Crippen LogP contribution in [0, 0.1) is 5.92 Å². The Balaban J connectivity index is 0.00000243. The standard InChI is InChI=1S/C18H24N4O3.ClH/c1-24-14-7-5-12(6-8-14)18-21-17(25-22-18)10-9-16(23)20-15-4-2-3-13(15)11-19;/h5-8,13,15H,2-4,9-11,19H2,1H3,(H,20,23);1H. The fraction of sp³-hybridized carbons (Fsp3) is 0.500. The molecule has 0 bridgehead atoms. The number of hydrogen-bond acceptors (Lipinski definition) is 6. The summed E-state index contributed by atoms with van der Waals surface area (Å²) in [6.45, 7) is 0.625. The molecule has 3 N–H and O–H groups in total. The lowest BCUT2D eigenvalue weighted by Gasteiger charge is -2.19. The number of methoxy groups -OCH3 is 1. The second kappa shape index (κ2) is 9.54. The number of carbonyl (C=O) groups is 1. The molecule has 2 unspecified atom stereocenters. The number of rotatable bonds is 7. The Morgan fingerprint density at radius 2 is 2.12 bits per heavy atom. The molecule has 1 fully saturated rings. The van der Waals surface area contributed by atoms with Gasteiger partial charge in [-0.05, 0) is 49.6 Å². The second-order valence-electron chi connectivity index (χ2n) is 6.34. The smallest absolute Gasteiger partial charge is 0.227 e. The van der Waals surface area contributed by atoms with Crippen molar-refractivity contribution >= 4 is 18.3 Å². The minimum absolute atomic E-state index is 0. The molecule has 3 rings (SSSR count). The summed E-state index contributed by atoms with van der Waals surface area (Å²) in [6, 6.07) is 7.62. The topological polar surface area (TPSA) is 103 Å². The van der Waals surface area contributed by atoms with Gasteiger partial charge in [0.1, 0.15) is 5.75 Å². The van der Waals surface area contributed by atoms with Gasteiger partial charge in [-0.3, -0.25) is 4.79 Å². The van der Waals surface area contributed by atoms with Gasteiger partial charge in [0, 0.05) is 24.4 Å². The van der Waals surface area contributed by atoms with Gasteiger partial charge >= 0.3 is 0 Å². The van der Waals surface area contributed by atoms with E-state index < -0.39 is 0 Å². The molecule has 1 aromatic carbocycles. The molecule has 0 radical (unpaired) electrons. The van der Waals surface area contributed by atoms with E-state index in [1.54, 1.807) is 7.11 Å². The normalized spacial score (nSPS) is 19.0. The molecule has 2 aromatic rings. The minimum atomic E-state index is 0. The molecular formula is C18H25ClN4O3. The lowest BCUT2D eigenvalue weighted by molar-refractivity contribution is -0.122. The number of hydrogen-bond donors (Lipinski definition) is 2. The molecule has 1 aliphatic carbocycles. The Morgan fingerprint density at radius 1 is 1.35 bits per heavy atom. The summed E-state index contributed by atoms with van der Waals surface area (Å²) >= 11 is 0. The van der Waals surface area contributed by atoms with Crippen LogP contribution in [-0.4, -0.2) is 35.7 Å². The van der Waals surface area contributed by atoms with Crippen molar-refractivity contribution in [2.75, 3.05) is 13.7 Å². The summed E-state index contributed by atoms with van der Waals surface area (Å²) in [5, 5.41) is 7.05. The number of amides is 1. The predicted molar refractivity (Wildman–Crippen MR) is 100 cm³/mol. The highest BCUT2D eigenvalue weighted by Crippen LogP contribution is 2.24. The highest BCUT2D eigenvalue weighted by atomic mass is 35.5. The van der Waals surface area contributed by atoms with Crippen molar-refractivity contribution in [3.63, 3.8) is 0 Å². The average Bonchev–Trinajstić information content (AvgIpc) is 3.29.